The molecule has 1 atom stereocenters. The highest BCUT2D eigenvalue weighted by Gasteiger charge is 2.58. The molecule has 0 radical (unpaired) electrons. The summed E-state index contributed by atoms with van der Waals surface area (Å²) in [5.74, 6) is 0.435. The standard InChI is InChI=1S/C21H23ClN2O.ClH/c22-17-8-6-16(7-9-17)15-24(18-4-2-1-3-5-18)20(25)19-14-21(19)10-12-23-13-11-21;/h1-9,19,23H,10-15H2;1H. The van der Waals surface area contributed by atoms with Crippen molar-refractivity contribution < 1.29 is 4.79 Å². The van der Waals surface area contributed by atoms with E-state index in [0.29, 0.717) is 6.54 Å². The maximum Gasteiger partial charge on any atom is 0.230 e. The number of hydrogen-bond acceptors (Lipinski definition) is 2. The molecule has 1 saturated heterocycles. The van der Waals surface area contributed by atoms with Crippen molar-refractivity contribution in [3.63, 3.8) is 0 Å². The Labute approximate surface area is 166 Å². The van der Waals surface area contributed by atoms with E-state index in [2.05, 4.69) is 5.32 Å². The molecule has 138 valence electrons. The Hall–Kier alpha value is -1.55. The predicted molar refractivity (Wildman–Crippen MR) is 109 cm³/mol. The molecule has 4 rings (SSSR count). The first kappa shape index (κ1) is 19.2. The lowest BCUT2D eigenvalue weighted by molar-refractivity contribution is -0.120. The molecule has 3 nitrogen and oxygen atoms in total. The second-order valence-corrected chi connectivity index (χ2v) is 7.69. The Morgan fingerprint density at radius 2 is 1.73 bits per heavy atom. The molecule has 1 heterocycles. The molecular formula is C21H24Cl2N2O. The number of benzene rings is 2. The van der Waals surface area contributed by atoms with Crippen molar-refractivity contribution in [1.29, 1.82) is 0 Å². The zero-order valence-electron chi connectivity index (χ0n) is 14.7. The van der Waals surface area contributed by atoms with E-state index in [4.69, 9.17) is 11.6 Å². The van der Waals surface area contributed by atoms with E-state index < -0.39 is 0 Å². The molecule has 5 heteroatoms. The molecule has 2 aromatic carbocycles. The molecule has 0 aromatic heterocycles. The highest BCUT2D eigenvalue weighted by atomic mass is 35.5. The van der Waals surface area contributed by atoms with E-state index in [9.17, 15) is 4.79 Å². The summed E-state index contributed by atoms with van der Waals surface area (Å²) in [6.07, 6.45) is 3.28. The maximum atomic E-state index is 13.3. The van der Waals surface area contributed by atoms with Crippen LogP contribution in [0.3, 0.4) is 0 Å². The fourth-order valence-electron chi connectivity index (χ4n) is 4.04. The van der Waals surface area contributed by atoms with Gasteiger partial charge in [0, 0.05) is 16.6 Å². The van der Waals surface area contributed by atoms with E-state index >= 15 is 0 Å². The maximum absolute atomic E-state index is 13.3. The Bertz CT molecular complexity index is 742. The summed E-state index contributed by atoms with van der Waals surface area (Å²) >= 11 is 6.00. The fraction of sp³-hybridized carbons (Fsp3) is 0.381. The third-order valence-electron chi connectivity index (χ3n) is 5.67. The van der Waals surface area contributed by atoms with Crippen LogP contribution in [0.1, 0.15) is 24.8 Å². The van der Waals surface area contributed by atoms with Crippen LogP contribution >= 0.6 is 24.0 Å². The topological polar surface area (TPSA) is 32.3 Å². The number of carbonyl (C=O) groups excluding carboxylic acids is 1. The second kappa shape index (κ2) is 7.99. The molecule has 1 aliphatic carbocycles. The number of amides is 1. The Kier molecular flexibility index (Phi) is 5.91. The third kappa shape index (κ3) is 3.90. The van der Waals surface area contributed by atoms with Crippen molar-refractivity contribution in [2.45, 2.75) is 25.8 Å². The summed E-state index contributed by atoms with van der Waals surface area (Å²) in [5.41, 5.74) is 2.31. The first-order valence-electron chi connectivity index (χ1n) is 9.00. The van der Waals surface area contributed by atoms with Gasteiger partial charge in [0.15, 0.2) is 0 Å². The van der Waals surface area contributed by atoms with Gasteiger partial charge in [-0.1, -0.05) is 41.9 Å². The van der Waals surface area contributed by atoms with Gasteiger partial charge < -0.3 is 10.2 Å². The number of nitrogens with zero attached hydrogens (tertiary/aromatic N) is 1. The third-order valence-corrected chi connectivity index (χ3v) is 5.93. The van der Waals surface area contributed by atoms with Crippen LogP contribution in [0, 0.1) is 11.3 Å². The fourth-order valence-corrected chi connectivity index (χ4v) is 4.16. The van der Waals surface area contributed by atoms with Crippen LogP contribution in [0.25, 0.3) is 0 Å². The number of rotatable bonds is 4. The van der Waals surface area contributed by atoms with Crippen molar-refractivity contribution in [2.75, 3.05) is 18.0 Å². The number of carbonyl (C=O) groups is 1. The minimum absolute atomic E-state index is 0. The van der Waals surface area contributed by atoms with Crippen molar-refractivity contribution in [3.05, 3.63) is 65.2 Å². The van der Waals surface area contributed by atoms with Gasteiger partial charge in [-0.2, -0.15) is 0 Å². The molecule has 2 aromatic rings. The van der Waals surface area contributed by atoms with Gasteiger partial charge in [0.05, 0.1) is 6.54 Å². The van der Waals surface area contributed by atoms with Gasteiger partial charge in [0.1, 0.15) is 0 Å². The normalized spacial score (nSPS) is 20.3. The van der Waals surface area contributed by atoms with Crippen LogP contribution in [-0.2, 0) is 11.3 Å². The van der Waals surface area contributed by atoms with Gasteiger partial charge in [-0.15, -0.1) is 12.4 Å². The summed E-state index contributed by atoms with van der Waals surface area (Å²) in [7, 11) is 0. The lowest BCUT2D eigenvalue weighted by atomic mass is 9.91. The number of piperidine rings is 1. The quantitative estimate of drug-likeness (QED) is 0.821. The number of halogens is 2. The molecule has 0 bridgehead atoms. The summed E-state index contributed by atoms with van der Waals surface area (Å²) in [6.45, 7) is 2.66. The number of anilines is 1. The second-order valence-electron chi connectivity index (χ2n) is 7.26. The minimum Gasteiger partial charge on any atom is -0.317 e. The molecule has 2 aliphatic rings. The monoisotopic (exact) mass is 390 g/mol. The minimum atomic E-state index is 0. The highest BCUT2D eigenvalue weighted by Crippen LogP contribution is 2.59. The number of para-hydroxylation sites is 1. The van der Waals surface area contributed by atoms with Crippen molar-refractivity contribution in [3.8, 4) is 0 Å². The van der Waals surface area contributed by atoms with Gasteiger partial charge in [0.2, 0.25) is 5.91 Å². The molecule has 1 amide bonds. The van der Waals surface area contributed by atoms with Gasteiger partial charge in [-0.05, 0) is 67.6 Å². The lowest BCUT2D eigenvalue weighted by Crippen LogP contribution is -2.36. The van der Waals surface area contributed by atoms with Crippen LogP contribution in [0.2, 0.25) is 5.02 Å². The lowest BCUT2D eigenvalue weighted by Gasteiger charge is -2.27. The van der Waals surface area contributed by atoms with E-state index in [-0.39, 0.29) is 29.6 Å². The van der Waals surface area contributed by atoms with Crippen molar-refractivity contribution in [1.82, 2.24) is 5.32 Å². The van der Waals surface area contributed by atoms with Crippen LogP contribution in [0.15, 0.2) is 54.6 Å². The van der Waals surface area contributed by atoms with E-state index in [1.807, 2.05) is 59.5 Å². The highest BCUT2D eigenvalue weighted by molar-refractivity contribution is 6.30. The zero-order valence-corrected chi connectivity index (χ0v) is 16.2. The largest absolute Gasteiger partial charge is 0.317 e. The van der Waals surface area contributed by atoms with Crippen LogP contribution in [0.4, 0.5) is 5.69 Å². The van der Waals surface area contributed by atoms with Crippen LogP contribution in [0.5, 0.6) is 0 Å². The SMILES string of the molecule is Cl.O=C(C1CC12CCNCC2)N(Cc1ccc(Cl)cc1)c1ccccc1. The molecule has 1 spiro atoms. The van der Waals surface area contributed by atoms with Gasteiger partial charge >= 0.3 is 0 Å². The summed E-state index contributed by atoms with van der Waals surface area (Å²) < 4.78 is 0. The Morgan fingerprint density at radius 1 is 1.08 bits per heavy atom. The van der Waals surface area contributed by atoms with E-state index in [1.165, 1.54) is 0 Å². The molecule has 1 N–H and O–H groups in total. The van der Waals surface area contributed by atoms with Gasteiger partial charge in [0.25, 0.3) is 0 Å². The van der Waals surface area contributed by atoms with Gasteiger partial charge in [-0.3, -0.25) is 4.79 Å². The van der Waals surface area contributed by atoms with Crippen molar-refractivity contribution >= 4 is 35.6 Å². The van der Waals surface area contributed by atoms with Crippen molar-refractivity contribution in [2.24, 2.45) is 11.3 Å². The predicted octanol–water partition coefficient (Wildman–Crippen LogP) is 4.68. The van der Waals surface area contributed by atoms with Gasteiger partial charge in [-0.25, -0.2) is 0 Å². The summed E-state index contributed by atoms with van der Waals surface area (Å²) in [5, 5.41) is 4.13. The molecule has 1 unspecified atom stereocenters. The number of hydrogen-bond donors (Lipinski definition) is 1. The molecule has 26 heavy (non-hydrogen) atoms. The Morgan fingerprint density at radius 3 is 2.38 bits per heavy atom. The summed E-state index contributed by atoms with van der Waals surface area (Å²) in [4.78, 5) is 15.3. The first-order valence-corrected chi connectivity index (χ1v) is 9.37. The van der Waals surface area contributed by atoms with E-state index in [0.717, 1.165) is 48.6 Å². The first-order chi connectivity index (χ1) is 12.2. The smallest absolute Gasteiger partial charge is 0.230 e. The van der Waals surface area contributed by atoms with Crippen LogP contribution < -0.4 is 10.2 Å². The molecule has 1 saturated carbocycles. The molecule has 2 fully saturated rings. The van der Waals surface area contributed by atoms with E-state index in [1.54, 1.807) is 0 Å². The number of nitrogens with one attached hydrogen (secondary N) is 1. The molecular weight excluding hydrogens is 367 g/mol. The zero-order chi connectivity index (χ0) is 17.3. The average Bonchev–Trinajstić information content (AvgIpc) is 3.35. The van der Waals surface area contributed by atoms with Crippen LogP contribution in [-0.4, -0.2) is 19.0 Å². The Balaban J connectivity index is 0.00000196. The average molecular weight is 391 g/mol. The summed E-state index contributed by atoms with van der Waals surface area (Å²) in [6, 6.07) is 17.8. The molecule has 1 aliphatic heterocycles.